The topological polar surface area (TPSA) is 58.4 Å². The van der Waals surface area contributed by atoms with Crippen molar-refractivity contribution in [3.05, 3.63) is 18.2 Å². The highest BCUT2D eigenvalue weighted by Crippen LogP contribution is 2.39. The summed E-state index contributed by atoms with van der Waals surface area (Å²) in [4.78, 5) is 14.5. The number of fused-ring (bicyclic) bond motifs is 1. The van der Waals surface area contributed by atoms with Crippen molar-refractivity contribution < 1.29 is 4.79 Å². The van der Waals surface area contributed by atoms with Gasteiger partial charge < -0.3 is 10.3 Å². The van der Waals surface area contributed by atoms with Gasteiger partial charge in [-0.3, -0.25) is 10.6 Å². The second-order valence-corrected chi connectivity index (χ2v) is 4.87. The molecule has 0 spiro atoms. The molecule has 2 rings (SSSR count). The molecular formula is C10H13N3OS. The molecule has 0 saturated heterocycles. The van der Waals surface area contributed by atoms with E-state index in [-0.39, 0.29) is 11.2 Å². The lowest BCUT2D eigenvalue weighted by molar-refractivity contribution is -0.117. The third kappa shape index (κ3) is 1.68. The minimum atomic E-state index is -0.0319. The van der Waals surface area contributed by atoms with Crippen molar-refractivity contribution in [1.82, 2.24) is 0 Å². The molecule has 1 aromatic carbocycles. The van der Waals surface area contributed by atoms with E-state index in [9.17, 15) is 4.79 Å². The Bertz CT molecular complexity index is 408. The molecule has 1 aromatic rings. The summed E-state index contributed by atoms with van der Waals surface area (Å²) in [6.07, 6.45) is 0. The van der Waals surface area contributed by atoms with Crippen LogP contribution in [0.5, 0.6) is 0 Å². The van der Waals surface area contributed by atoms with E-state index in [1.54, 1.807) is 23.7 Å². The number of hydrogen-bond donors (Lipinski definition) is 2. The molecule has 80 valence electrons. The first-order valence-electron chi connectivity index (χ1n) is 4.68. The number of nitrogens with zero attached hydrogens (tertiary/aromatic N) is 1. The number of anilines is 2. The van der Waals surface area contributed by atoms with E-state index < -0.39 is 0 Å². The van der Waals surface area contributed by atoms with E-state index in [1.165, 1.54) is 0 Å². The Morgan fingerprint density at radius 3 is 2.93 bits per heavy atom. The Hall–Kier alpha value is -1.20. The molecule has 4 nitrogen and oxygen atoms in total. The molecule has 1 heterocycles. The van der Waals surface area contributed by atoms with Crippen LogP contribution in [-0.4, -0.2) is 18.2 Å². The van der Waals surface area contributed by atoms with Gasteiger partial charge in [-0.15, -0.1) is 11.8 Å². The SMILES string of the molecule is CC1Sc2cc(NN)ccc2N(C)C1=O. The lowest BCUT2D eigenvalue weighted by Crippen LogP contribution is -2.36. The molecule has 1 amide bonds. The van der Waals surface area contributed by atoms with Crippen LogP contribution in [0.25, 0.3) is 0 Å². The van der Waals surface area contributed by atoms with Crippen LogP contribution in [0, 0.1) is 0 Å². The summed E-state index contributed by atoms with van der Waals surface area (Å²) in [7, 11) is 1.80. The quantitative estimate of drug-likeness (QED) is 0.558. The van der Waals surface area contributed by atoms with Gasteiger partial charge in [-0.25, -0.2) is 0 Å². The summed E-state index contributed by atoms with van der Waals surface area (Å²) in [6.45, 7) is 1.91. The van der Waals surface area contributed by atoms with E-state index in [0.29, 0.717) is 0 Å². The summed E-state index contributed by atoms with van der Waals surface area (Å²) in [6, 6.07) is 5.72. The Balaban J connectivity index is 2.45. The lowest BCUT2D eigenvalue weighted by Gasteiger charge is -2.29. The number of nitrogens with two attached hydrogens (primary N) is 1. The fourth-order valence-corrected chi connectivity index (χ4v) is 2.77. The number of carbonyl (C=O) groups excluding carboxylic acids is 1. The molecule has 0 aromatic heterocycles. The maximum atomic E-state index is 11.7. The van der Waals surface area contributed by atoms with Gasteiger partial charge in [0.25, 0.3) is 0 Å². The third-order valence-electron chi connectivity index (χ3n) is 2.47. The van der Waals surface area contributed by atoms with Gasteiger partial charge >= 0.3 is 0 Å². The Morgan fingerprint density at radius 1 is 1.53 bits per heavy atom. The maximum Gasteiger partial charge on any atom is 0.239 e. The van der Waals surface area contributed by atoms with E-state index in [4.69, 9.17) is 5.84 Å². The first-order valence-corrected chi connectivity index (χ1v) is 5.56. The van der Waals surface area contributed by atoms with Gasteiger partial charge in [-0.1, -0.05) is 0 Å². The van der Waals surface area contributed by atoms with E-state index in [1.807, 2.05) is 25.1 Å². The van der Waals surface area contributed by atoms with Crippen molar-refractivity contribution in [2.24, 2.45) is 5.84 Å². The van der Waals surface area contributed by atoms with Gasteiger partial charge in [0.15, 0.2) is 0 Å². The van der Waals surface area contributed by atoms with Crippen LogP contribution in [0.3, 0.4) is 0 Å². The first kappa shape index (κ1) is 10.3. The molecule has 3 N–H and O–H groups in total. The number of nitrogen functional groups attached to an aromatic ring is 1. The maximum absolute atomic E-state index is 11.7. The Kier molecular flexibility index (Phi) is 2.58. The van der Waals surface area contributed by atoms with Crippen LogP contribution in [0.15, 0.2) is 23.1 Å². The number of nitrogens with one attached hydrogen (secondary N) is 1. The van der Waals surface area contributed by atoms with E-state index in [0.717, 1.165) is 16.3 Å². The minimum absolute atomic E-state index is 0.0319. The summed E-state index contributed by atoms with van der Waals surface area (Å²) in [5.74, 6) is 5.48. The van der Waals surface area contributed by atoms with Gasteiger partial charge in [0.1, 0.15) is 0 Å². The lowest BCUT2D eigenvalue weighted by atomic mass is 10.2. The average Bonchev–Trinajstić information content (AvgIpc) is 2.25. The highest BCUT2D eigenvalue weighted by Gasteiger charge is 2.27. The average molecular weight is 223 g/mol. The molecule has 15 heavy (non-hydrogen) atoms. The first-order chi connectivity index (χ1) is 7.13. The van der Waals surface area contributed by atoms with Crippen LogP contribution >= 0.6 is 11.8 Å². The van der Waals surface area contributed by atoms with Crippen molar-refractivity contribution >= 4 is 29.0 Å². The van der Waals surface area contributed by atoms with Crippen LogP contribution in [0.1, 0.15) is 6.92 Å². The van der Waals surface area contributed by atoms with Crippen molar-refractivity contribution in [3.8, 4) is 0 Å². The van der Waals surface area contributed by atoms with Gasteiger partial charge in [0.05, 0.1) is 10.9 Å². The van der Waals surface area contributed by atoms with E-state index in [2.05, 4.69) is 5.43 Å². The van der Waals surface area contributed by atoms with Gasteiger partial charge in [0.2, 0.25) is 5.91 Å². The Labute approximate surface area is 92.8 Å². The fourth-order valence-electron chi connectivity index (χ4n) is 1.61. The Morgan fingerprint density at radius 2 is 2.27 bits per heavy atom. The van der Waals surface area contributed by atoms with Crippen LogP contribution in [0.2, 0.25) is 0 Å². The van der Waals surface area contributed by atoms with E-state index >= 15 is 0 Å². The fraction of sp³-hybridized carbons (Fsp3) is 0.300. The molecule has 0 aliphatic carbocycles. The molecule has 1 unspecified atom stereocenters. The predicted molar refractivity (Wildman–Crippen MR) is 63.0 cm³/mol. The zero-order valence-corrected chi connectivity index (χ0v) is 9.47. The number of rotatable bonds is 1. The van der Waals surface area contributed by atoms with Crippen molar-refractivity contribution in [2.45, 2.75) is 17.1 Å². The molecule has 0 radical (unpaired) electrons. The number of benzene rings is 1. The standard InChI is InChI=1S/C10H13N3OS/c1-6-10(14)13(2)8-4-3-7(12-11)5-9(8)15-6/h3-6,12H,11H2,1-2H3. The predicted octanol–water partition coefficient (Wildman–Crippen LogP) is 1.43. The molecule has 0 saturated carbocycles. The number of amides is 1. The number of hydrazine groups is 1. The number of hydrogen-bond acceptors (Lipinski definition) is 4. The highest BCUT2D eigenvalue weighted by atomic mass is 32.2. The number of carbonyl (C=O) groups is 1. The van der Waals surface area contributed by atoms with Gasteiger partial charge in [-0.2, -0.15) is 0 Å². The minimum Gasteiger partial charge on any atom is -0.324 e. The molecule has 5 heteroatoms. The summed E-state index contributed by atoms with van der Waals surface area (Å²) in [5, 5.41) is -0.0319. The zero-order chi connectivity index (χ0) is 11.0. The summed E-state index contributed by atoms with van der Waals surface area (Å²) >= 11 is 1.57. The van der Waals surface area contributed by atoms with Crippen molar-refractivity contribution in [2.75, 3.05) is 17.4 Å². The zero-order valence-electron chi connectivity index (χ0n) is 8.65. The summed E-state index contributed by atoms with van der Waals surface area (Å²) in [5.41, 5.74) is 4.41. The largest absolute Gasteiger partial charge is 0.324 e. The molecule has 1 atom stereocenters. The van der Waals surface area contributed by atoms with Crippen LogP contribution in [0.4, 0.5) is 11.4 Å². The van der Waals surface area contributed by atoms with Crippen LogP contribution in [-0.2, 0) is 4.79 Å². The smallest absolute Gasteiger partial charge is 0.239 e. The molecule has 1 aliphatic rings. The highest BCUT2D eigenvalue weighted by molar-refractivity contribution is 8.01. The number of thioether (sulfide) groups is 1. The molecule has 0 fully saturated rings. The van der Waals surface area contributed by atoms with Crippen molar-refractivity contribution in [3.63, 3.8) is 0 Å². The monoisotopic (exact) mass is 223 g/mol. The van der Waals surface area contributed by atoms with Gasteiger partial charge in [-0.05, 0) is 25.1 Å². The van der Waals surface area contributed by atoms with Crippen LogP contribution < -0.4 is 16.2 Å². The molecule has 1 aliphatic heterocycles. The van der Waals surface area contributed by atoms with Crippen molar-refractivity contribution in [1.29, 1.82) is 0 Å². The summed E-state index contributed by atoms with van der Waals surface area (Å²) < 4.78 is 0. The molecule has 0 bridgehead atoms. The second-order valence-electron chi connectivity index (χ2n) is 3.48. The normalized spacial score (nSPS) is 20.1. The third-order valence-corrected chi connectivity index (χ3v) is 3.61. The van der Waals surface area contributed by atoms with Gasteiger partial charge in [0, 0.05) is 17.6 Å². The second kappa shape index (κ2) is 3.75. The molecular weight excluding hydrogens is 210 g/mol.